The number of rotatable bonds is 7. The average molecular weight is 467 g/mol. The van der Waals surface area contributed by atoms with Crippen LogP contribution >= 0.6 is 0 Å². The number of ether oxygens (including phenoxy) is 3. The molecule has 0 aromatic carbocycles. The maximum atomic E-state index is 11.9. The molecule has 3 fully saturated rings. The Balaban J connectivity index is 1.82. The molecule has 0 amide bonds. The third kappa shape index (κ3) is 3.79. The van der Waals surface area contributed by atoms with Gasteiger partial charge < -0.3 is 33.9 Å². The number of carbonyl (C=O) groups is 2. The van der Waals surface area contributed by atoms with E-state index in [-0.39, 0.29) is 38.1 Å². The summed E-state index contributed by atoms with van der Waals surface area (Å²) in [5, 5.41) is 33.6. The third-order valence-electron chi connectivity index (χ3n) is 8.54. The zero-order chi connectivity index (χ0) is 24.0. The van der Waals surface area contributed by atoms with Crippen molar-refractivity contribution in [3.8, 4) is 0 Å². The topological polar surface area (TPSA) is 139 Å². The molecule has 2 saturated carbocycles. The fraction of sp³-hybridized carbons (Fsp3) is 0.750. The zero-order valence-corrected chi connectivity index (χ0v) is 19.4. The first kappa shape index (κ1) is 24.2. The summed E-state index contributed by atoms with van der Waals surface area (Å²) in [5.41, 5.74) is -2.30. The van der Waals surface area contributed by atoms with Crippen molar-refractivity contribution >= 4 is 11.9 Å². The van der Waals surface area contributed by atoms with Gasteiger partial charge in [0, 0.05) is 24.8 Å². The molecule has 1 saturated heterocycles. The molecule has 2 heterocycles. The second kappa shape index (κ2) is 8.69. The van der Waals surface area contributed by atoms with Crippen molar-refractivity contribution < 1.29 is 43.5 Å². The number of furan rings is 1. The van der Waals surface area contributed by atoms with Gasteiger partial charge in [0.1, 0.15) is 12.2 Å². The van der Waals surface area contributed by atoms with Crippen molar-refractivity contribution in [3.05, 3.63) is 24.2 Å². The smallest absolute Gasteiger partial charge is 0.302 e. The van der Waals surface area contributed by atoms with E-state index in [4.69, 9.17) is 18.6 Å². The van der Waals surface area contributed by atoms with Gasteiger partial charge in [0.2, 0.25) is 0 Å². The maximum absolute atomic E-state index is 11.9. The first-order valence-electron chi connectivity index (χ1n) is 11.6. The summed E-state index contributed by atoms with van der Waals surface area (Å²) < 4.78 is 22.1. The van der Waals surface area contributed by atoms with E-state index in [0.717, 1.165) is 0 Å². The number of aliphatic hydroxyl groups excluding tert-OH is 3. The van der Waals surface area contributed by atoms with Crippen LogP contribution in [0.25, 0.3) is 0 Å². The largest absolute Gasteiger partial charge is 0.472 e. The second-order valence-corrected chi connectivity index (χ2v) is 10.1. The van der Waals surface area contributed by atoms with Crippen LogP contribution in [0.15, 0.2) is 23.0 Å². The van der Waals surface area contributed by atoms with Crippen LogP contribution in [0.2, 0.25) is 0 Å². The lowest BCUT2D eigenvalue weighted by Crippen LogP contribution is -2.71. The third-order valence-corrected chi connectivity index (χ3v) is 8.54. The minimum Gasteiger partial charge on any atom is -0.472 e. The van der Waals surface area contributed by atoms with Crippen molar-refractivity contribution in [2.45, 2.75) is 70.4 Å². The van der Waals surface area contributed by atoms with E-state index in [9.17, 15) is 24.9 Å². The highest BCUT2D eigenvalue weighted by Gasteiger charge is 2.77. The molecule has 1 spiro atoms. The van der Waals surface area contributed by atoms with Gasteiger partial charge in [-0.2, -0.15) is 0 Å². The fourth-order valence-corrected chi connectivity index (χ4v) is 6.76. The highest BCUT2D eigenvalue weighted by atomic mass is 16.6. The first-order chi connectivity index (χ1) is 15.6. The summed E-state index contributed by atoms with van der Waals surface area (Å²) in [6.07, 6.45) is 1.81. The Bertz CT molecular complexity index is 863. The number of hydrogen-bond donors (Lipinski definition) is 3. The van der Waals surface area contributed by atoms with Crippen LogP contribution in [0.5, 0.6) is 0 Å². The Labute approximate surface area is 193 Å². The van der Waals surface area contributed by atoms with Crippen LogP contribution in [0.3, 0.4) is 0 Å². The molecule has 1 aromatic rings. The van der Waals surface area contributed by atoms with E-state index in [1.54, 1.807) is 6.07 Å². The number of fused-ring (bicyclic) bond motifs is 2. The van der Waals surface area contributed by atoms with Crippen LogP contribution in [0, 0.1) is 22.7 Å². The molecule has 8 atom stereocenters. The molecule has 1 unspecified atom stereocenters. The van der Waals surface area contributed by atoms with E-state index in [1.807, 2.05) is 6.92 Å². The second-order valence-electron chi connectivity index (χ2n) is 10.1. The Morgan fingerprint density at radius 3 is 2.39 bits per heavy atom. The van der Waals surface area contributed by atoms with Crippen LogP contribution in [0.4, 0.5) is 0 Å². The van der Waals surface area contributed by atoms with Gasteiger partial charge in [-0.3, -0.25) is 9.59 Å². The molecule has 3 N–H and O–H groups in total. The summed E-state index contributed by atoms with van der Waals surface area (Å²) in [4.78, 5) is 23.7. The Morgan fingerprint density at radius 1 is 1.15 bits per heavy atom. The van der Waals surface area contributed by atoms with E-state index in [2.05, 4.69) is 0 Å². The number of epoxide rings is 1. The molecular formula is C24H34O9. The Hall–Kier alpha value is -1.94. The summed E-state index contributed by atoms with van der Waals surface area (Å²) in [7, 11) is 0. The molecule has 9 nitrogen and oxygen atoms in total. The van der Waals surface area contributed by atoms with Crippen molar-refractivity contribution in [2.24, 2.45) is 22.7 Å². The van der Waals surface area contributed by atoms with E-state index in [1.165, 1.54) is 26.4 Å². The van der Waals surface area contributed by atoms with Crippen molar-refractivity contribution in [1.29, 1.82) is 0 Å². The van der Waals surface area contributed by atoms with Gasteiger partial charge in [0.15, 0.2) is 0 Å². The number of carbonyl (C=O) groups excluding carboxylic acids is 2. The van der Waals surface area contributed by atoms with Gasteiger partial charge in [-0.25, -0.2) is 0 Å². The van der Waals surface area contributed by atoms with E-state index in [0.29, 0.717) is 24.8 Å². The maximum Gasteiger partial charge on any atom is 0.302 e. The molecule has 0 radical (unpaired) electrons. The highest BCUT2D eigenvalue weighted by molar-refractivity contribution is 5.66. The molecule has 3 aliphatic rings. The number of esters is 2. The lowest BCUT2D eigenvalue weighted by Gasteiger charge is -2.64. The summed E-state index contributed by atoms with van der Waals surface area (Å²) in [5.74, 6) is -1.43. The summed E-state index contributed by atoms with van der Waals surface area (Å²) in [6, 6.07) is 1.69. The van der Waals surface area contributed by atoms with Crippen LogP contribution in [0.1, 0.15) is 58.1 Å². The first-order valence-corrected chi connectivity index (χ1v) is 11.6. The lowest BCUT2D eigenvalue weighted by atomic mass is 9.42. The van der Waals surface area contributed by atoms with Gasteiger partial charge in [0.05, 0.1) is 49.5 Å². The van der Waals surface area contributed by atoms with Gasteiger partial charge in [-0.05, 0) is 43.6 Å². The molecule has 1 aromatic heterocycles. The van der Waals surface area contributed by atoms with E-state index < -0.39 is 46.7 Å². The van der Waals surface area contributed by atoms with Crippen molar-refractivity contribution in [2.75, 3.05) is 19.8 Å². The Morgan fingerprint density at radius 2 is 1.82 bits per heavy atom. The minimum absolute atomic E-state index is 0.0315. The van der Waals surface area contributed by atoms with Gasteiger partial charge in [0.25, 0.3) is 0 Å². The van der Waals surface area contributed by atoms with Crippen molar-refractivity contribution in [3.63, 3.8) is 0 Å². The average Bonchev–Trinajstić information content (AvgIpc) is 3.35. The standard InChI is InChI=1S/C24H34O9/c1-14-8-21(29)23(12-32-16(3)26)19(4-5-20(28)24(23)13-33-24)22(14,11-31-15(2)25)9-18(27)17-6-7-30-10-17/h6-7,10,14,18-21,27-29H,4-5,8-9,11-13H2,1-3H3/t14-,18?,19-,20+,21+,22-,23+,24-/m1/s1. The monoisotopic (exact) mass is 466 g/mol. The van der Waals surface area contributed by atoms with Gasteiger partial charge >= 0.3 is 11.9 Å². The zero-order valence-electron chi connectivity index (χ0n) is 19.4. The summed E-state index contributed by atoms with van der Waals surface area (Å²) in [6.45, 7) is 4.77. The van der Waals surface area contributed by atoms with Crippen LogP contribution < -0.4 is 0 Å². The van der Waals surface area contributed by atoms with Crippen LogP contribution in [-0.2, 0) is 23.8 Å². The molecular weight excluding hydrogens is 432 g/mol. The molecule has 33 heavy (non-hydrogen) atoms. The Kier molecular flexibility index (Phi) is 6.37. The minimum atomic E-state index is -1.10. The highest BCUT2D eigenvalue weighted by Crippen LogP contribution is 2.69. The van der Waals surface area contributed by atoms with Gasteiger partial charge in [-0.15, -0.1) is 0 Å². The lowest BCUT2D eigenvalue weighted by molar-refractivity contribution is -0.253. The molecule has 2 aliphatic carbocycles. The summed E-state index contributed by atoms with van der Waals surface area (Å²) >= 11 is 0. The molecule has 184 valence electrons. The molecule has 1 aliphatic heterocycles. The normalized spacial score (nSPS) is 40.7. The van der Waals surface area contributed by atoms with E-state index >= 15 is 0 Å². The quantitative estimate of drug-likeness (QED) is 0.405. The predicted octanol–water partition coefficient (Wildman–Crippen LogP) is 1.74. The number of aliphatic hydroxyl groups is 3. The van der Waals surface area contributed by atoms with Crippen LogP contribution in [-0.4, -0.2) is 64.9 Å². The molecule has 0 bridgehead atoms. The van der Waals surface area contributed by atoms with Crippen molar-refractivity contribution in [1.82, 2.24) is 0 Å². The molecule has 4 rings (SSSR count). The van der Waals surface area contributed by atoms with Gasteiger partial charge in [-0.1, -0.05) is 6.92 Å². The fourth-order valence-electron chi connectivity index (χ4n) is 6.76. The number of hydrogen-bond acceptors (Lipinski definition) is 9. The predicted molar refractivity (Wildman–Crippen MR) is 114 cm³/mol. The molecule has 9 heteroatoms. The SMILES string of the molecule is CC(=O)OC[C@]1(CC(O)c2ccoc2)[C@H](C)C[C@H](O)[C@]2(COC(C)=O)[C@@H]1CC[C@H](O)[C@]21CO1.